The van der Waals surface area contributed by atoms with Crippen LogP contribution in [-0.2, 0) is 11.8 Å². The Morgan fingerprint density at radius 1 is 0.926 bits per heavy atom. The van der Waals surface area contributed by atoms with Crippen LogP contribution in [0.2, 0.25) is 5.02 Å². The lowest BCUT2D eigenvalue weighted by Gasteiger charge is -2.24. The van der Waals surface area contributed by atoms with Crippen LogP contribution in [0.4, 0.5) is 0 Å². The smallest absolute Gasteiger partial charge is 0.0532 e. The van der Waals surface area contributed by atoms with Gasteiger partial charge in [-0.1, -0.05) is 71.7 Å². The van der Waals surface area contributed by atoms with Gasteiger partial charge in [0.2, 0.25) is 0 Å². The van der Waals surface area contributed by atoms with Crippen molar-refractivity contribution in [1.29, 1.82) is 0 Å². The van der Waals surface area contributed by atoms with Crippen molar-refractivity contribution in [2.75, 3.05) is 0 Å². The molecule has 0 radical (unpaired) electrons. The molecule has 27 heavy (non-hydrogen) atoms. The topological polar surface area (TPSA) is 0 Å². The van der Waals surface area contributed by atoms with Gasteiger partial charge in [0, 0.05) is 14.8 Å². The number of halogens is 1. The lowest BCUT2D eigenvalue weighted by atomic mass is 9.79. The van der Waals surface area contributed by atoms with Gasteiger partial charge >= 0.3 is 0 Å². The second-order valence-electron chi connectivity index (χ2n) is 6.90. The predicted molar refractivity (Wildman–Crippen MR) is 118 cm³/mol. The Morgan fingerprint density at radius 3 is 2.33 bits per heavy atom. The quantitative estimate of drug-likeness (QED) is 0.378. The molecule has 0 nitrogen and oxygen atoms in total. The molecule has 0 spiro atoms. The number of aryl methyl sites for hydroxylation is 1. The van der Waals surface area contributed by atoms with Crippen molar-refractivity contribution in [3.05, 3.63) is 95.0 Å². The van der Waals surface area contributed by atoms with Gasteiger partial charge in [-0.25, -0.2) is 0 Å². The number of benzene rings is 3. The van der Waals surface area contributed by atoms with Crippen molar-refractivity contribution in [3.8, 4) is 12.3 Å². The van der Waals surface area contributed by atoms with Gasteiger partial charge in [-0.3, -0.25) is 0 Å². The van der Waals surface area contributed by atoms with E-state index in [-0.39, 0.29) is 5.41 Å². The number of terminal acetylenes is 1. The van der Waals surface area contributed by atoms with Crippen molar-refractivity contribution >= 4 is 23.4 Å². The Kier molecular flexibility index (Phi) is 6.67. The minimum Gasteiger partial charge on any atom is -0.119 e. The summed E-state index contributed by atoms with van der Waals surface area (Å²) in [5, 5.41) is 0.742. The predicted octanol–water partition coefficient (Wildman–Crippen LogP) is 7.41. The Morgan fingerprint density at radius 2 is 1.63 bits per heavy atom. The summed E-state index contributed by atoms with van der Waals surface area (Å²) in [7, 11) is 0. The molecule has 0 N–H and O–H groups in total. The maximum atomic E-state index is 6.01. The Balaban J connectivity index is 1.62. The van der Waals surface area contributed by atoms with Crippen molar-refractivity contribution in [2.45, 2.75) is 41.4 Å². The molecule has 3 aromatic carbocycles. The standard InChI is InChI=1S/C25H23ClS/c1-3-25(2,21-14-16-22(26)17-15-21)18-8-10-20-9-7-13-24(19-20)27-23-11-5-4-6-12-23/h1,4-7,9,11-17,19H,8,10,18H2,2H3. The van der Waals surface area contributed by atoms with Gasteiger partial charge in [-0.2, -0.15) is 0 Å². The lowest BCUT2D eigenvalue weighted by Crippen LogP contribution is -2.19. The summed E-state index contributed by atoms with van der Waals surface area (Å²) in [6, 6.07) is 27.2. The summed E-state index contributed by atoms with van der Waals surface area (Å²) in [6.07, 6.45) is 8.89. The molecule has 0 fully saturated rings. The van der Waals surface area contributed by atoms with Crippen LogP contribution < -0.4 is 0 Å². The molecular formula is C25H23ClS. The number of rotatable bonds is 7. The van der Waals surface area contributed by atoms with Gasteiger partial charge in [-0.15, -0.1) is 6.42 Å². The van der Waals surface area contributed by atoms with Crippen LogP contribution in [0, 0.1) is 12.3 Å². The van der Waals surface area contributed by atoms with E-state index in [2.05, 4.69) is 61.4 Å². The molecule has 3 rings (SSSR count). The van der Waals surface area contributed by atoms with E-state index in [0.29, 0.717) is 0 Å². The molecule has 3 aromatic rings. The van der Waals surface area contributed by atoms with Gasteiger partial charge in [0.05, 0.1) is 5.41 Å². The molecule has 0 saturated carbocycles. The van der Waals surface area contributed by atoms with Gasteiger partial charge < -0.3 is 0 Å². The van der Waals surface area contributed by atoms with E-state index in [9.17, 15) is 0 Å². The number of hydrogen-bond acceptors (Lipinski definition) is 1. The first-order chi connectivity index (χ1) is 13.1. The van der Waals surface area contributed by atoms with E-state index in [1.807, 2.05) is 30.3 Å². The zero-order valence-electron chi connectivity index (χ0n) is 15.5. The molecule has 136 valence electrons. The molecule has 0 aliphatic rings. The van der Waals surface area contributed by atoms with Crippen LogP contribution in [0.5, 0.6) is 0 Å². The van der Waals surface area contributed by atoms with Gasteiger partial charge in [0.1, 0.15) is 0 Å². The summed E-state index contributed by atoms with van der Waals surface area (Å²) in [4.78, 5) is 2.54. The fraction of sp³-hybridized carbons (Fsp3) is 0.200. The summed E-state index contributed by atoms with van der Waals surface area (Å²) in [5.74, 6) is 3.00. The molecule has 0 aliphatic carbocycles. The highest BCUT2D eigenvalue weighted by Gasteiger charge is 2.23. The normalized spacial score (nSPS) is 12.9. The summed E-state index contributed by atoms with van der Waals surface area (Å²) < 4.78 is 0. The third-order valence-corrected chi connectivity index (χ3v) is 6.07. The van der Waals surface area contributed by atoms with Crippen molar-refractivity contribution < 1.29 is 0 Å². The minimum atomic E-state index is -0.263. The van der Waals surface area contributed by atoms with Crippen LogP contribution >= 0.6 is 23.4 Å². The van der Waals surface area contributed by atoms with E-state index in [0.717, 1.165) is 29.8 Å². The first kappa shape index (κ1) is 19.6. The highest BCUT2D eigenvalue weighted by atomic mass is 35.5. The van der Waals surface area contributed by atoms with Crippen LogP contribution in [0.15, 0.2) is 88.7 Å². The monoisotopic (exact) mass is 390 g/mol. The first-order valence-corrected chi connectivity index (χ1v) is 10.3. The highest BCUT2D eigenvalue weighted by molar-refractivity contribution is 7.99. The lowest BCUT2D eigenvalue weighted by molar-refractivity contribution is 0.533. The van der Waals surface area contributed by atoms with Gasteiger partial charge in [-0.05, 0) is 73.7 Å². The molecule has 0 aliphatic heterocycles. The van der Waals surface area contributed by atoms with Gasteiger partial charge in [0.15, 0.2) is 0 Å². The summed E-state index contributed by atoms with van der Waals surface area (Å²) in [5.41, 5.74) is 2.25. The average molecular weight is 391 g/mol. The summed E-state index contributed by atoms with van der Waals surface area (Å²) in [6.45, 7) is 2.14. The minimum absolute atomic E-state index is 0.263. The third kappa shape index (κ3) is 5.42. The van der Waals surface area contributed by atoms with E-state index in [1.54, 1.807) is 11.8 Å². The fourth-order valence-electron chi connectivity index (χ4n) is 3.15. The molecule has 1 atom stereocenters. The van der Waals surface area contributed by atoms with Crippen LogP contribution in [0.1, 0.15) is 30.9 Å². The van der Waals surface area contributed by atoms with Crippen LogP contribution in [0.25, 0.3) is 0 Å². The zero-order valence-corrected chi connectivity index (χ0v) is 17.1. The molecule has 0 aromatic heterocycles. The maximum Gasteiger partial charge on any atom is 0.0532 e. The van der Waals surface area contributed by atoms with Crippen LogP contribution in [0.3, 0.4) is 0 Å². The second kappa shape index (κ2) is 9.18. The van der Waals surface area contributed by atoms with Gasteiger partial charge in [0.25, 0.3) is 0 Å². The Hall–Kier alpha value is -2.14. The molecule has 0 saturated heterocycles. The van der Waals surface area contributed by atoms with E-state index in [1.165, 1.54) is 15.4 Å². The maximum absolute atomic E-state index is 6.01. The van der Waals surface area contributed by atoms with Crippen LogP contribution in [-0.4, -0.2) is 0 Å². The average Bonchev–Trinajstić information content (AvgIpc) is 2.69. The number of hydrogen-bond donors (Lipinski definition) is 0. The zero-order chi connectivity index (χ0) is 19.1. The molecule has 0 bridgehead atoms. The highest BCUT2D eigenvalue weighted by Crippen LogP contribution is 2.31. The fourth-order valence-corrected chi connectivity index (χ4v) is 4.20. The molecular weight excluding hydrogens is 368 g/mol. The van der Waals surface area contributed by atoms with Crippen molar-refractivity contribution in [2.24, 2.45) is 0 Å². The largest absolute Gasteiger partial charge is 0.119 e. The van der Waals surface area contributed by atoms with E-state index >= 15 is 0 Å². The van der Waals surface area contributed by atoms with E-state index < -0.39 is 0 Å². The Labute approximate surface area is 172 Å². The third-order valence-electron chi connectivity index (χ3n) is 4.82. The molecule has 0 heterocycles. The van der Waals surface area contributed by atoms with Crippen molar-refractivity contribution in [3.63, 3.8) is 0 Å². The molecule has 0 amide bonds. The van der Waals surface area contributed by atoms with Crippen molar-refractivity contribution in [1.82, 2.24) is 0 Å². The Bertz CT molecular complexity index is 909. The first-order valence-electron chi connectivity index (χ1n) is 9.15. The van der Waals surface area contributed by atoms with E-state index in [4.69, 9.17) is 18.0 Å². The molecule has 1 unspecified atom stereocenters. The summed E-state index contributed by atoms with van der Waals surface area (Å²) >= 11 is 7.81. The second-order valence-corrected chi connectivity index (χ2v) is 8.48. The SMILES string of the molecule is C#CC(C)(CCCc1cccc(Sc2ccccc2)c1)c1ccc(Cl)cc1. The molecule has 2 heteroatoms.